The van der Waals surface area contributed by atoms with Crippen molar-refractivity contribution >= 4 is 0 Å². The van der Waals surface area contributed by atoms with Crippen LogP contribution in [-0.4, -0.2) is 23.5 Å². The van der Waals surface area contributed by atoms with Crippen molar-refractivity contribution in [2.45, 2.75) is 78.2 Å². The van der Waals surface area contributed by atoms with E-state index in [2.05, 4.69) is 25.0 Å². The molecule has 0 aromatic carbocycles. The number of nitrogens with zero attached hydrogens (tertiary/aromatic N) is 3. The van der Waals surface area contributed by atoms with Crippen LogP contribution in [0.2, 0.25) is 0 Å². The van der Waals surface area contributed by atoms with Crippen LogP contribution in [0.3, 0.4) is 0 Å². The van der Waals surface area contributed by atoms with Gasteiger partial charge >= 0.3 is 0 Å². The fraction of sp³-hybridized carbons (Fsp3) is 0.852. The SMILES string of the molecule is COC[C@H]1CCC2C3CC[C@@]4(C)C(CC[C@@H]4[C@H](C)Cn4ccc(C#N)n4)[C@@H]3CC[C@@H]2C1. The Labute approximate surface area is 188 Å². The summed E-state index contributed by atoms with van der Waals surface area (Å²) in [5.74, 6) is 7.12. The molecule has 1 aromatic rings. The fourth-order valence-electron chi connectivity index (χ4n) is 9.26. The minimum Gasteiger partial charge on any atom is -0.384 e. The van der Waals surface area contributed by atoms with Crippen molar-refractivity contribution in [1.82, 2.24) is 9.78 Å². The summed E-state index contributed by atoms with van der Waals surface area (Å²) in [6.07, 6.45) is 15.0. The molecule has 9 atom stereocenters. The molecule has 31 heavy (non-hydrogen) atoms. The molecule has 4 heteroatoms. The minimum atomic E-state index is 0.506. The molecule has 4 nitrogen and oxygen atoms in total. The van der Waals surface area contributed by atoms with Crippen LogP contribution in [0, 0.1) is 64.1 Å². The summed E-state index contributed by atoms with van der Waals surface area (Å²) >= 11 is 0. The molecule has 0 aliphatic heterocycles. The van der Waals surface area contributed by atoms with Gasteiger partial charge in [0.25, 0.3) is 0 Å². The van der Waals surface area contributed by atoms with E-state index in [4.69, 9.17) is 10.00 Å². The number of rotatable bonds is 5. The monoisotopic (exact) mass is 423 g/mol. The lowest BCUT2D eigenvalue weighted by Crippen LogP contribution is -2.49. The maximum Gasteiger partial charge on any atom is 0.162 e. The number of methoxy groups -OCH3 is 1. The third-order valence-corrected chi connectivity index (χ3v) is 10.5. The maximum atomic E-state index is 9.09. The Kier molecular flexibility index (Phi) is 5.93. The van der Waals surface area contributed by atoms with Crippen LogP contribution in [0.15, 0.2) is 12.3 Å². The van der Waals surface area contributed by atoms with E-state index in [0.29, 0.717) is 17.0 Å². The molecular weight excluding hydrogens is 382 g/mol. The molecule has 0 N–H and O–H groups in total. The number of ether oxygens (including phenoxy) is 1. The van der Waals surface area contributed by atoms with Crippen molar-refractivity contribution in [3.05, 3.63) is 18.0 Å². The van der Waals surface area contributed by atoms with Crippen LogP contribution in [-0.2, 0) is 11.3 Å². The molecule has 1 heterocycles. The van der Waals surface area contributed by atoms with Gasteiger partial charge in [-0.15, -0.1) is 0 Å². The second-order valence-corrected chi connectivity index (χ2v) is 11.8. The molecule has 0 radical (unpaired) electrons. The average Bonchev–Trinajstić information content (AvgIpc) is 3.37. The molecule has 5 rings (SSSR count). The molecule has 4 aliphatic carbocycles. The fourth-order valence-corrected chi connectivity index (χ4v) is 9.26. The first kappa shape index (κ1) is 21.5. The second-order valence-electron chi connectivity index (χ2n) is 11.8. The zero-order valence-electron chi connectivity index (χ0n) is 19.8. The summed E-state index contributed by atoms with van der Waals surface area (Å²) in [7, 11) is 1.87. The first-order valence-electron chi connectivity index (χ1n) is 13.0. The zero-order valence-corrected chi connectivity index (χ0v) is 19.8. The van der Waals surface area contributed by atoms with Crippen molar-refractivity contribution < 1.29 is 4.74 Å². The van der Waals surface area contributed by atoms with Gasteiger partial charge < -0.3 is 4.74 Å². The van der Waals surface area contributed by atoms with E-state index in [0.717, 1.165) is 54.6 Å². The third kappa shape index (κ3) is 3.75. The molecule has 1 aromatic heterocycles. The summed E-state index contributed by atoms with van der Waals surface area (Å²) < 4.78 is 7.51. The molecule has 0 spiro atoms. The van der Waals surface area contributed by atoms with Crippen LogP contribution in [0.1, 0.15) is 77.3 Å². The first-order chi connectivity index (χ1) is 15.0. The van der Waals surface area contributed by atoms with Gasteiger partial charge in [0.15, 0.2) is 5.69 Å². The van der Waals surface area contributed by atoms with E-state index >= 15 is 0 Å². The maximum absolute atomic E-state index is 9.09. The number of hydrogen-bond donors (Lipinski definition) is 0. The van der Waals surface area contributed by atoms with E-state index in [-0.39, 0.29) is 0 Å². The molecule has 0 saturated heterocycles. The summed E-state index contributed by atoms with van der Waals surface area (Å²) in [4.78, 5) is 0. The van der Waals surface area contributed by atoms with E-state index in [9.17, 15) is 0 Å². The highest BCUT2D eigenvalue weighted by Gasteiger charge is 2.57. The van der Waals surface area contributed by atoms with Gasteiger partial charge in [-0.25, -0.2) is 0 Å². The van der Waals surface area contributed by atoms with Crippen molar-refractivity contribution in [3.63, 3.8) is 0 Å². The Hall–Kier alpha value is -1.34. The molecule has 3 unspecified atom stereocenters. The topological polar surface area (TPSA) is 50.8 Å². The number of nitriles is 1. The van der Waals surface area contributed by atoms with Crippen molar-refractivity contribution in [3.8, 4) is 6.07 Å². The van der Waals surface area contributed by atoms with Crippen molar-refractivity contribution in [1.29, 1.82) is 5.26 Å². The van der Waals surface area contributed by atoms with Gasteiger partial charge in [0.05, 0.1) is 0 Å². The Morgan fingerprint density at radius 2 is 2.00 bits per heavy atom. The summed E-state index contributed by atoms with van der Waals surface area (Å²) in [6, 6.07) is 4.01. The van der Waals surface area contributed by atoms with E-state index in [1.54, 1.807) is 0 Å². The molecule has 4 saturated carbocycles. The predicted molar refractivity (Wildman–Crippen MR) is 122 cm³/mol. The summed E-state index contributed by atoms with van der Waals surface area (Å²) in [5.41, 5.74) is 1.05. The average molecular weight is 424 g/mol. The van der Waals surface area contributed by atoms with Gasteiger partial charge in [0, 0.05) is 26.5 Å². The molecule has 170 valence electrons. The lowest BCUT2D eigenvalue weighted by atomic mass is 9.49. The Morgan fingerprint density at radius 3 is 2.77 bits per heavy atom. The van der Waals surface area contributed by atoms with E-state index < -0.39 is 0 Å². The standard InChI is InChI=1S/C27H41N3O/c1-18(16-30-13-11-21(15-28)29-30)25-8-9-26-24-7-5-20-14-19(17-31-3)4-6-22(20)23(24)10-12-27(25,26)2/h11,13,18-20,22-26H,4-10,12,14,16-17H2,1-3H3/t18-,19+,20-,22?,23?,24-,25-,26?,27-/m1/s1. The van der Waals surface area contributed by atoms with Gasteiger partial charge in [0.2, 0.25) is 0 Å². The lowest BCUT2D eigenvalue weighted by Gasteiger charge is -2.57. The summed E-state index contributed by atoms with van der Waals surface area (Å²) in [6.45, 7) is 7.01. The van der Waals surface area contributed by atoms with Crippen LogP contribution in [0.4, 0.5) is 0 Å². The van der Waals surface area contributed by atoms with Crippen LogP contribution in [0.25, 0.3) is 0 Å². The van der Waals surface area contributed by atoms with Gasteiger partial charge in [-0.05, 0) is 117 Å². The van der Waals surface area contributed by atoms with E-state index in [1.807, 2.05) is 24.1 Å². The van der Waals surface area contributed by atoms with Crippen LogP contribution < -0.4 is 0 Å². The van der Waals surface area contributed by atoms with Gasteiger partial charge in [-0.2, -0.15) is 10.4 Å². The number of hydrogen-bond acceptors (Lipinski definition) is 3. The Bertz CT molecular complexity index is 812. The molecule has 0 amide bonds. The second kappa shape index (κ2) is 8.54. The van der Waals surface area contributed by atoms with Crippen LogP contribution in [0.5, 0.6) is 0 Å². The highest BCUT2D eigenvalue weighted by atomic mass is 16.5. The predicted octanol–water partition coefficient (Wildman–Crippen LogP) is 5.92. The first-order valence-corrected chi connectivity index (χ1v) is 13.0. The van der Waals surface area contributed by atoms with Gasteiger partial charge in [-0.1, -0.05) is 13.8 Å². The smallest absolute Gasteiger partial charge is 0.162 e. The number of aromatic nitrogens is 2. The largest absolute Gasteiger partial charge is 0.384 e. The minimum absolute atomic E-state index is 0.506. The normalized spacial score (nSPS) is 42.8. The highest BCUT2D eigenvalue weighted by Crippen LogP contribution is 2.65. The third-order valence-electron chi connectivity index (χ3n) is 10.5. The van der Waals surface area contributed by atoms with Crippen molar-refractivity contribution in [2.75, 3.05) is 13.7 Å². The lowest BCUT2D eigenvalue weighted by molar-refractivity contribution is -0.0777. The van der Waals surface area contributed by atoms with E-state index in [1.165, 1.54) is 57.8 Å². The Morgan fingerprint density at radius 1 is 1.16 bits per heavy atom. The van der Waals surface area contributed by atoms with Gasteiger partial charge in [0.1, 0.15) is 6.07 Å². The highest BCUT2D eigenvalue weighted by molar-refractivity contribution is 5.16. The van der Waals surface area contributed by atoms with Crippen molar-refractivity contribution in [2.24, 2.45) is 52.8 Å². The molecule has 0 bridgehead atoms. The summed E-state index contributed by atoms with van der Waals surface area (Å²) in [5, 5.41) is 13.5. The molecular formula is C27H41N3O. The number of fused-ring (bicyclic) bond motifs is 5. The van der Waals surface area contributed by atoms with Crippen LogP contribution >= 0.6 is 0 Å². The Balaban J connectivity index is 1.27. The quantitative estimate of drug-likeness (QED) is 0.590. The van der Waals surface area contributed by atoms with Gasteiger partial charge in [-0.3, -0.25) is 4.68 Å². The molecule has 4 fully saturated rings. The molecule has 4 aliphatic rings. The zero-order chi connectivity index (χ0) is 21.6.